The van der Waals surface area contributed by atoms with Crippen LogP contribution in [0.3, 0.4) is 0 Å². The maximum Gasteiger partial charge on any atom is 0.222 e. The van der Waals surface area contributed by atoms with Crippen LogP contribution in [0.15, 0.2) is 18.2 Å². The topological polar surface area (TPSA) is 40.5 Å². The number of benzene rings is 1. The van der Waals surface area contributed by atoms with Crippen LogP contribution in [-0.2, 0) is 11.2 Å². The maximum atomic E-state index is 13.0. The predicted molar refractivity (Wildman–Crippen MR) is 71.0 cm³/mol. The van der Waals surface area contributed by atoms with Crippen LogP contribution in [0.4, 0.5) is 8.78 Å². The zero-order chi connectivity index (χ0) is 14.7. The van der Waals surface area contributed by atoms with E-state index in [4.69, 9.17) is 0 Å². The molecule has 2 atom stereocenters. The standard InChI is InChI=1S/C15H19F2NO2/c1-10(19)12-6-7-18(9-12)15(20)5-3-11-2-4-13(16)14(17)8-11/h2,4,8,10,12,19H,3,5-7,9H2,1H3. The highest BCUT2D eigenvalue weighted by Crippen LogP contribution is 2.20. The number of nitrogens with zero attached hydrogens (tertiary/aromatic N) is 1. The number of likely N-dealkylation sites (tertiary alicyclic amines) is 1. The molecule has 1 saturated heterocycles. The van der Waals surface area contributed by atoms with Crippen molar-refractivity contribution in [2.45, 2.75) is 32.3 Å². The van der Waals surface area contributed by atoms with E-state index >= 15 is 0 Å². The lowest BCUT2D eigenvalue weighted by atomic mass is 10.0. The van der Waals surface area contributed by atoms with Crippen LogP contribution in [0.1, 0.15) is 25.3 Å². The Balaban J connectivity index is 1.85. The molecular weight excluding hydrogens is 264 g/mol. The Morgan fingerprint density at radius 1 is 1.45 bits per heavy atom. The Morgan fingerprint density at radius 2 is 2.20 bits per heavy atom. The normalized spacial score (nSPS) is 20.2. The first-order valence-electron chi connectivity index (χ1n) is 6.87. The van der Waals surface area contributed by atoms with E-state index in [-0.39, 0.29) is 18.2 Å². The number of hydrogen-bond acceptors (Lipinski definition) is 2. The lowest BCUT2D eigenvalue weighted by Crippen LogP contribution is -2.30. The Hall–Kier alpha value is -1.49. The third-order valence-corrected chi connectivity index (χ3v) is 3.87. The molecule has 5 heteroatoms. The SMILES string of the molecule is CC(O)C1CCN(C(=O)CCc2ccc(F)c(F)c2)C1. The summed E-state index contributed by atoms with van der Waals surface area (Å²) in [5.41, 5.74) is 0.614. The molecule has 1 heterocycles. The summed E-state index contributed by atoms with van der Waals surface area (Å²) < 4.78 is 25.8. The number of rotatable bonds is 4. The van der Waals surface area contributed by atoms with Gasteiger partial charge in [-0.15, -0.1) is 0 Å². The Bertz CT molecular complexity index is 491. The molecule has 1 N–H and O–H groups in total. The smallest absolute Gasteiger partial charge is 0.222 e. The van der Waals surface area contributed by atoms with Crippen LogP contribution in [0.25, 0.3) is 0 Å². The van der Waals surface area contributed by atoms with Crippen molar-refractivity contribution in [3.63, 3.8) is 0 Å². The molecule has 1 amide bonds. The summed E-state index contributed by atoms with van der Waals surface area (Å²) in [6, 6.07) is 3.70. The molecule has 0 aliphatic carbocycles. The number of halogens is 2. The van der Waals surface area contributed by atoms with Crippen LogP contribution < -0.4 is 0 Å². The molecule has 1 aromatic rings. The number of carbonyl (C=O) groups is 1. The molecule has 0 aromatic heterocycles. The van der Waals surface area contributed by atoms with E-state index in [0.29, 0.717) is 25.1 Å². The van der Waals surface area contributed by atoms with E-state index < -0.39 is 17.7 Å². The highest BCUT2D eigenvalue weighted by Gasteiger charge is 2.28. The zero-order valence-corrected chi connectivity index (χ0v) is 11.5. The van der Waals surface area contributed by atoms with Crippen LogP contribution in [-0.4, -0.2) is 35.1 Å². The summed E-state index contributed by atoms with van der Waals surface area (Å²) in [5, 5.41) is 9.50. The van der Waals surface area contributed by atoms with E-state index in [9.17, 15) is 18.7 Å². The molecule has 0 radical (unpaired) electrons. The van der Waals surface area contributed by atoms with E-state index in [0.717, 1.165) is 18.6 Å². The first-order valence-corrected chi connectivity index (χ1v) is 6.87. The third kappa shape index (κ3) is 3.54. The average molecular weight is 283 g/mol. The van der Waals surface area contributed by atoms with E-state index in [2.05, 4.69) is 0 Å². The zero-order valence-electron chi connectivity index (χ0n) is 11.5. The molecule has 3 nitrogen and oxygen atoms in total. The molecule has 0 bridgehead atoms. The van der Waals surface area contributed by atoms with Gasteiger partial charge in [0.05, 0.1) is 6.10 Å². The molecule has 20 heavy (non-hydrogen) atoms. The van der Waals surface area contributed by atoms with Crippen molar-refractivity contribution >= 4 is 5.91 Å². The minimum atomic E-state index is -0.884. The Morgan fingerprint density at radius 3 is 2.80 bits per heavy atom. The molecule has 1 aliphatic heterocycles. The van der Waals surface area contributed by atoms with Gasteiger partial charge in [-0.25, -0.2) is 8.78 Å². The van der Waals surface area contributed by atoms with Gasteiger partial charge < -0.3 is 10.0 Å². The highest BCUT2D eigenvalue weighted by molar-refractivity contribution is 5.76. The minimum Gasteiger partial charge on any atom is -0.393 e. The van der Waals surface area contributed by atoms with Crippen molar-refractivity contribution < 1.29 is 18.7 Å². The summed E-state index contributed by atoms with van der Waals surface area (Å²) in [6.07, 6.45) is 1.08. The third-order valence-electron chi connectivity index (χ3n) is 3.87. The first-order chi connectivity index (χ1) is 9.47. The lowest BCUT2D eigenvalue weighted by Gasteiger charge is -2.17. The van der Waals surface area contributed by atoms with Crippen LogP contribution >= 0.6 is 0 Å². The van der Waals surface area contributed by atoms with Gasteiger partial charge in [0.1, 0.15) is 0 Å². The number of aliphatic hydroxyl groups excluding tert-OH is 1. The fourth-order valence-corrected chi connectivity index (χ4v) is 2.51. The second-order valence-corrected chi connectivity index (χ2v) is 5.38. The number of hydrogen-bond donors (Lipinski definition) is 1. The van der Waals surface area contributed by atoms with Gasteiger partial charge in [-0.1, -0.05) is 6.07 Å². The quantitative estimate of drug-likeness (QED) is 0.919. The fourth-order valence-electron chi connectivity index (χ4n) is 2.51. The van der Waals surface area contributed by atoms with Gasteiger partial charge in [-0.3, -0.25) is 4.79 Å². The van der Waals surface area contributed by atoms with Crippen molar-refractivity contribution in [3.8, 4) is 0 Å². The van der Waals surface area contributed by atoms with Gasteiger partial charge in [0.2, 0.25) is 5.91 Å². The van der Waals surface area contributed by atoms with E-state index in [1.807, 2.05) is 0 Å². The van der Waals surface area contributed by atoms with Crippen molar-refractivity contribution in [3.05, 3.63) is 35.4 Å². The van der Waals surface area contributed by atoms with E-state index in [1.54, 1.807) is 11.8 Å². The molecule has 2 rings (SSSR count). The molecule has 1 aliphatic rings. The summed E-state index contributed by atoms with van der Waals surface area (Å²) >= 11 is 0. The summed E-state index contributed by atoms with van der Waals surface area (Å²) in [4.78, 5) is 13.7. The molecule has 0 spiro atoms. The maximum absolute atomic E-state index is 13.0. The molecule has 2 unspecified atom stereocenters. The number of aliphatic hydroxyl groups is 1. The summed E-state index contributed by atoms with van der Waals surface area (Å²) in [5.74, 6) is -1.62. The van der Waals surface area contributed by atoms with Crippen molar-refractivity contribution in [2.75, 3.05) is 13.1 Å². The second kappa shape index (κ2) is 6.31. The largest absolute Gasteiger partial charge is 0.393 e. The van der Waals surface area contributed by atoms with Crippen LogP contribution in [0, 0.1) is 17.6 Å². The van der Waals surface area contributed by atoms with Crippen LogP contribution in [0.2, 0.25) is 0 Å². The monoisotopic (exact) mass is 283 g/mol. The second-order valence-electron chi connectivity index (χ2n) is 5.38. The lowest BCUT2D eigenvalue weighted by molar-refractivity contribution is -0.130. The van der Waals surface area contributed by atoms with Crippen molar-refractivity contribution in [1.29, 1.82) is 0 Å². The minimum absolute atomic E-state index is 0.00196. The predicted octanol–water partition coefficient (Wildman–Crippen LogP) is 2.13. The van der Waals surface area contributed by atoms with Crippen molar-refractivity contribution in [2.24, 2.45) is 5.92 Å². The fraction of sp³-hybridized carbons (Fsp3) is 0.533. The number of amides is 1. The molecule has 110 valence electrons. The molecule has 0 saturated carbocycles. The number of aryl methyl sites for hydroxylation is 1. The van der Waals surface area contributed by atoms with Crippen molar-refractivity contribution in [1.82, 2.24) is 4.90 Å². The van der Waals surface area contributed by atoms with Gasteiger partial charge >= 0.3 is 0 Å². The van der Waals surface area contributed by atoms with Gasteiger partial charge in [-0.2, -0.15) is 0 Å². The average Bonchev–Trinajstić information content (AvgIpc) is 2.89. The van der Waals surface area contributed by atoms with Gasteiger partial charge in [0, 0.05) is 25.4 Å². The first kappa shape index (κ1) is 14.9. The van der Waals surface area contributed by atoms with E-state index in [1.165, 1.54) is 6.07 Å². The van der Waals surface area contributed by atoms with Gasteiger partial charge in [0.25, 0.3) is 0 Å². The summed E-state index contributed by atoms with van der Waals surface area (Å²) in [6.45, 7) is 2.97. The Labute approximate surface area is 117 Å². The summed E-state index contributed by atoms with van der Waals surface area (Å²) in [7, 11) is 0. The molecule has 1 aromatic carbocycles. The highest BCUT2D eigenvalue weighted by atomic mass is 19.2. The Kier molecular flexibility index (Phi) is 4.70. The number of carbonyl (C=O) groups excluding carboxylic acids is 1. The van der Waals surface area contributed by atoms with Gasteiger partial charge in [0.15, 0.2) is 11.6 Å². The van der Waals surface area contributed by atoms with Crippen LogP contribution in [0.5, 0.6) is 0 Å². The molecular formula is C15H19F2NO2. The molecule has 1 fully saturated rings. The van der Waals surface area contributed by atoms with Gasteiger partial charge in [-0.05, 0) is 37.5 Å².